The minimum absolute atomic E-state index is 0.602. The number of hydrogen-bond acceptors (Lipinski definition) is 1. The van der Waals surface area contributed by atoms with E-state index in [4.69, 9.17) is 5.73 Å². The Morgan fingerprint density at radius 3 is 2.69 bits per heavy atom. The van der Waals surface area contributed by atoms with Crippen molar-refractivity contribution in [2.24, 2.45) is 5.73 Å². The highest BCUT2D eigenvalue weighted by atomic mass is 14.5. The van der Waals surface area contributed by atoms with E-state index in [9.17, 15) is 0 Å². The highest BCUT2D eigenvalue weighted by Crippen LogP contribution is 2.18. The van der Waals surface area contributed by atoms with Crippen molar-refractivity contribution >= 4 is 5.57 Å². The minimum Gasteiger partial charge on any atom is -0.326 e. The largest absolute Gasteiger partial charge is 0.326 e. The van der Waals surface area contributed by atoms with E-state index in [1.807, 2.05) is 0 Å². The first-order valence-corrected chi connectivity index (χ1v) is 5.97. The zero-order chi connectivity index (χ0) is 11.8. The summed E-state index contributed by atoms with van der Waals surface area (Å²) >= 11 is 0. The van der Waals surface area contributed by atoms with Gasteiger partial charge in [-0.05, 0) is 35.6 Å². The van der Waals surface area contributed by atoms with Gasteiger partial charge in [0.25, 0.3) is 0 Å². The molecule has 86 valence electrons. The summed E-state index contributed by atoms with van der Waals surface area (Å²) in [5, 5.41) is 0. The van der Waals surface area contributed by atoms with E-state index in [0.29, 0.717) is 6.54 Å². The second-order valence-electron chi connectivity index (χ2n) is 3.78. The van der Waals surface area contributed by atoms with E-state index in [0.717, 1.165) is 12.8 Å². The van der Waals surface area contributed by atoms with E-state index in [2.05, 4.69) is 56.3 Å². The molecule has 0 unspecified atom stereocenters. The Bertz CT molecular complexity index is 375. The van der Waals surface area contributed by atoms with Crippen LogP contribution in [0.15, 0.2) is 42.5 Å². The Labute approximate surface area is 98.7 Å². The number of nitrogens with two attached hydrogens (primary N) is 1. The van der Waals surface area contributed by atoms with Gasteiger partial charge in [-0.1, -0.05) is 50.3 Å². The summed E-state index contributed by atoms with van der Waals surface area (Å²) in [6.07, 6.45) is 8.76. The van der Waals surface area contributed by atoms with Crippen molar-refractivity contribution in [1.29, 1.82) is 0 Å². The number of hydrogen-bond donors (Lipinski definition) is 1. The van der Waals surface area contributed by atoms with Crippen LogP contribution in [-0.4, -0.2) is 0 Å². The van der Waals surface area contributed by atoms with E-state index < -0.39 is 0 Å². The third-order valence-corrected chi connectivity index (χ3v) is 2.45. The molecule has 1 aromatic carbocycles. The molecule has 1 nitrogen and oxygen atoms in total. The predicted molar refractivity (Wildman–Crippen MR) is 72.0 cm³/mol. The van der Waals surface area contributed by atoms with Gasteiger partial charge in [-0.2, -0.15) is 0 Å². The van der Waals surface area contributed by atoms with Gasteiger partial charge in [0.1, 0.15) is 0 Å². The van der Waals surface area contributed by atoms with Gasteiger partial charge in [0.15, 0.2) is 0 Å². The molecule has 0 saturated carbocycles. The molecule has 0 radical (unpaired) electrons. The monoisotopic (exact) mass is 215 g/mol. The van der Waals surface area contributed by atoms with Gasteiger partial charge in [0, 0.05) is 6.54 Å². The van der Waals surface area contributed by atoms with Crippen LogP contribution in [0, 0.1) is 0 Å². The van der Waals surface area contributed by atoms with E-state index in [1.54, 1.807) is 0 Å². The van der Waals surface area contributed by atoms with E-state index in [-0.39, 0.29) is 0 Å². The second-order valence-corrected chi connectivity index (χ2v) is 3.78. The standard InChI is InChI=1S/C15H21N/c1-3-5-9-14(7-4-2)15-10-6-8-13(11-15)12-16/h5-11H,3-4,12,16H2,1-2H3/b9-5-,14-7+. The summed E-state index contributed by atoms with van der Waals surface area (Å²) in [6.45, 7) is 4.91. The molecule has 0 aliphatic rings. The molecule has 0 fully saturated rings. The molecule has 2 N–H and O–H groups in total. The first kappa shape index (κ1) is 12.7. The lowest BCUT2D eigenvalue weighted by Gasteiger charge is -2.05. The van der Waals surface area contributed by atoms with Gasteiger partial charge in [0.05, 0.1) is 0 Å². The van der Waals surface area contributed by atoms with Crippen LogP contribution in [0.4, 0.5) is 0 Å². The summed E-state index contributed by atoms with van der Waals surface area (Å²) in [5.74, 6) is 0. The first-order valence-electron chi connectivity index (χ1n) is 5.97. The topological polar surface area (TPSA) is 26.0 Å². The fourth-order valence-electron chi connectivity index (χ4n) is 1.62. The molecule has 1 rings (SSSR count). The van der Waals surface area contributed by atoms with E-state index >= 15 is 0 Å². The Morgan fingerprint density at radius 1 is 1.25 bits per heavy atom. The average Bonchev–Trinajstić information content (AvgIpc) is 2.34. The maximum Gasteiger partial charge on any atom is 0.0178 e. The molecular weight excluding hydrogens is 194 g/mol. The summed E-state index contributed by atoms with van der Waals surface area (Å²) in [6, 6.07) is 8.44. The molecule has 0 aliphatic carbocycles. The van der Waals surface area contributed by atoms with Gasteiger partial charge in [-0.15, -0.1) is 0 Å². The number of rotatable bonds is 5. The van der Waals surface area contributed by atoms with Crippen LogP contribution >= 0.6 is 0 Å². The van der Waals surface area contributed by atoms with Crippen molar-refractivity contribution in [1.82, 2.24) is 0 Å². The summed E-state index contributed by atoms with van der Waals surface area (Å²) in [7, 11) is 0. The van der Waals surface area contributed by atoms with Crippen molar-refractivity contribution in [3.63, 3.8) is 0 Å². The Hall–Kier alpha value is -1.34. The predicted octanol–water partition coefficient (Wildman–Crippen LogP) is 3.90. The van der Waals surface area contributed by atoms with Gasteiger partial charge >= 0.3 is 0 Å². The highest BCUT2D eigenvalue weighted by Gasteiger charge is 1.98. The first-order chi connectivity index (χ1) is 7.81. The van der Waals surface area contributed by atoms with Crippen molar-refractivity contribution < 1.29 is 0 Å². The van der Waals surface area contributed by atoms with Crippen LogP contribution in [0.3, 0.4) is 0 Å². The zero-order valence-corrected chi connectivity index (χ0v) is 10.2. The minimum atomic E-state index is 0.602. The maximum atomic E-state index is 5.66. The van der Waals surface area contributed by atoms with Crippen molar-refractivity contribution in [3.8, 4) is 0 Å². The highest BCUT2D eigenvalue weighted by molar-refractivity contribution is 5.74. The smallest absolute Gasteiger partial charge is 0.0178 e. The molecule has 0 aromatic heterocycles. The van der Waals surface area contributed by atoms with Crippen LogP contribution in [-0.2, 0) is 6.54 Å². The quantitative estimate of drug-likeness (QED) is 0.740. The molecular formula is C15H21N. The molecule has 0 bridgehead atoms. The lowest BCUT2D eigenvalue weighted by molar-refractivity contribution is 1.07. The van der Waals surface area contributed by atoms with Crippen LogP contribution < -0.4 is 5.73 Å². The molecule has 0 atom stereocenters. The average molecular weight is 215 g/mol. The molecule has 1 aromatic rings. The third-order valence-electron chi connectivity index (χ3n) is 2.45. The van der Waals surface area contributed by atoms with Gasteiger partial charge in [-0.3, -0.25) is 0 Å². The van der Waals surface area contributed by atoms with Crippen molar-refractivity contribution in [2.45, 2.75) is 33.2 Å². The normalized spacial score (nSPS) is 12.3. The van der Waals surface area contributed by atoms with Crippen LogP contribution in [0.5, 0.6) is 0 Å². The molecule has 0 aliphatic heterocycles. The third kappa shape index (κ3) is 3.67. The van der Waals surface area contributed by atoms with Crippen molar-refractivity contribution in [2.75, 3.05) is 0 Å². The molecule has 0 amide bonds. The molecule has 1 heteroatoms. The van der Waals surface area contributed by atoms with Gasteiger partial charge in [0.2, 0.25) is 0 Å². The zero-order valence-electron chi connectivity index (χ0n) is 10.2. The molecule has 16 heavy (non-hydrogen) atoms. The molecule has 0 spiro atoms. The lowest BCUT2D eigenvalue weighted by atomic mass is 10.0. The van der Waals surface area contributed by atoms with Gasteiger partial charge < -0.3 is 5.73 Å². The Morgan fingerprint density at radius 2 is 2.06 bits per heavy atom. The van der Waals surface area contributed by atoms with Gasteiger partial charge in [-0.25, -0.2) is 0 Å². The fourth-order valence-corrected chi connectivity index (χ4v) is 1.62. The van der Waals surface area contributed by atoms with E-state index in [1.165, 1.54) is 16.7 Å². The van der Waals surface area contributed by atoms with Crippen LogP contribution in [0.1, 0.15) is 37.8 Å². The Balaban J connectivity index is 3.01. The van der Waals surface area contributed by atoms with Crippen LogP contribution in [0.25, 0.3) is 5.57 Å². The second kappa shape index (κ2) is 7.02. The van der Waals surface area contributed by atoms with Crippen molar-refractivity contribution in [3.05, 3.63) is 53.6 Å². The lowest BCUT2D eigenvalue weighted by Crippen LogP contribution is -1.96. The molecule has 0 heterocycles. The Kier molecular flexibility index (Phi) is 5.58. The molecule has 0 saturated heterocycles. The summed E-state index contributed by atoms with van der Waals surface area (Å²) in [5.41, 5.74) is 9.39. The summed E-state index contributed by atoms with van der Waals surface area (Å²) < 4.78 is 0. The number of benzene rings is 1. The number of allylic oxidation sites excluding steroid dienone is 4. The SMILES string of the molecule is CC/C=C\C(=C/CC)c1cccc(CN)c1. The fraction of sp³-hybridized carbons (Fsp3) is 0.333. The maximum absolute atomic E-state index is 5.66. The van der Waals surface area contributed by atoms with Crippen LogP contribution in [0.2, 0.25) is 0 Å². The summed E-state index contributed by atoms with van der Waals surface area (Å²) in [4.78, 5) is 0.